The summed E-state index contributed by atoms with van der Waals surface area (Å²) < 4.78 is 12.6. The molecule has 0 heterocycles. The maximum Gasteiger partial charge on any atom is 0.237 e. The molecule has 122 valence electrons. The second-order valence-electron chi connectivity index (χ2n) is 6.67. The summed E-state index contributed by atoms with van der Waals surface area (Å²) in [5, 5.41) is -0.779. The van der Waals surface area contributed by atoms with Gasteiger partial charge in [-0.2, -0.15) is 0 Å². The van der Waals surface area contributed by atoms with Gasteiger partial charge in [0, 0.05) is 16.6 Å². The number of nitrogens with two attached hydrogens (primary N) is 1. The zero-order valence-corrected chi connectivity index (χ0v) is 14.6. The summed E-state index contributed by atoms with van der Waals surface area (Å²) in [4.78, 5) is 11.7. The van der Waals surface area contributed by atoms with Crippen LogP contribution in [-0.2, 0) is 26.8 Å². The zero-order valence-electron chi connectivity index (χ0n) is 13.8. The Hall–Kier alpha value is -1.94. The van der Waals surface area contributed by atoms with Crippen LogP contribution in [0.3, 0.4) is 0 Å². The highest BCUT2D eigenvalue weighted by Gasteiger charge is 2.25. The van der Waals surface area contributed by atoms with E-state index in [1.165, 1.54) is 5.56 Å². The highest BCUT2D eigenvalue weighted by molar-refractivity contribution is 7.85. The van der Waals surface area contributed by atoms with Gasteiger partial charge in [0.1, 0.15) is 5.25 Å². The fraction of sp³-hybridized carbons (Fsp3) is 0.316. The van der Waals surface area contributed by atoms with Crippen molar-refractivity contribution in [3.05, 3.63) is 71.3 Å². The second kappa shape index (κ2) is 7.09. The average molecular weight is 329 g/mol. The lowest BCUT2D eigenvalue weighted by molar-refractivity contribution is -0.117. The van der Waals surface area contributed by atoms with E-state index in [2.05, 4.69) is 20.8 Å². The molecule has 0 bridgehead atoms. The highest BCUT2D eigenvalue weighted by Crippen LogP contribution is 2.25. The first-order valence-electron chi connectivity index (χ1n) is 7.60. The Kier molecular flexibility index (Phi) is 5.37. The van der Waals surface area contributed by atoms with Gasteiger partial charge in [0.2, 0.25) is 5.91 Å². The Morgan fingerprint density at radius 3 is 2.09 bits per heavy atom. The van der Waals surface area contributed by atoms with E-state index in [1.807, 2.05) is 42.5 Å². The molecule has 1 unspecified atom stereocenters. The minimum absolute atomic E-state index is 0.0808. The lowest BCUT2D eigenvalue weighted by atomic mass is 9.87. The van der Waals surface area contributed by atoms with Gasteiger partial charge in [0.25, 0.3) is 0 Å². The van der Waals surface area contributed by atoms with Gasteiger partial charge in [0.05, 0.1) is 0 Å². The minimum Gasteiger partial charge on any atom is -0.368 e. The van der Waals surface area contributed by atoms with Gasteiger partial charge in [-0.1, -0.05) is 75.4 Å². The third kappa shape index (κ3) is 4.52. The molecule has 2 atom stereocenters. The summed E-state index contributed by atoms with van der Waals surface area (Å²) in [5.41, 5.74) is 8.42. The number of rotatable bonds is 5. The van der Waals surface area contributed by atoms with Crippen molar-refractivity contribution in [3.8, 4) is 0 Å². The van der Waals surface area contributed by atoms with Crippen molar-refractivity contribution < 1.29 is 9.00 Å². The van der Waals surface area contributed by atoms with Crippen LogP contribution in [0.25, 0.3) is 0 Å². The minimum atomic E-state index is -1.39. The van der Waals surface area contributed by atoms with Crippen LogP contribution in [0, 0.1) is 0 Å². The topological polar surface area (TPSA) is 60.2 Å². The van der Waals surface area contributed by atoms with Crippen molar-refractivity contribution in [2.24, 2.45) is 5.73 Å². The third-order valence-electron chi connectivity index (χ3n) is 3.75. The van der Waals surface area contributed by atoms with Crippen molar-refractivity contribution >= 4 is 16.7 Å². The van der Waals surface area contributed by atoms with Crippen LogP contribution in [-0.4, -0.2) is 10.1 Å². The van der Waals surface area contributed by atoms with E-state index in [4.69, 9.17) is 5.73 Å². The monoisotopic (exact) mass is 329 g/mol. The van der Waals surface area contributed by atoms with Gasteiger partial charge in [-0.05, 0) is 22.1 Å². The Morgan fingerprint density at radius 2 is 1.61 bits per heavy atom. The number of carbonyl (C=O) groups excluding carboxylic acids is 1. The largest absolute Gasteiger partial charge is 0.368 e. The van der Waals surface area contributed by atoms with E-state index in [1.54, 1.807) is 12.1 Å². The molecule has 4 heteroatoms. The Balaban J connectivity index is 2.18. The van der Waals surface area contributed by atoms with E-state index in [0.717, 1.165) is 5.56 Å². The van der Waals surface area contributed by atoms with Gasteiger partial charge >= 0.3 is 0 Å². The van der Waals surface area contributed by atoms with E-state index in [-0.39, 0.29) is 5.41 Å². The van der Waals surface area contributed by atoms with Crippen LogP contribution >= 0.6 is 0 Å². The molecule has 0 aliphatic heterocycles. The molecule has 2 N–H and O–H groups in total. The smallest absolute Gasteiger partial charge is 0.237 e. The Labute approximate surface area is 140 Å². The zero-order chi connectivity index (χ0) is 17.0. The molecule has 0 aliphatic rings. The molecule has 2 aromatic carbocycles. The van der Waals surface area contributed by atoms with E-state index < -0.39 is 22.0 Å². The Morgan fingerprint density at radius 1 is 1.04 bits per heavy atom. The standard InChI is InChI=1S/C19H23NO2S/c1-19(2,3)16-11-9-14(10-12-16)13-23(22)17(18(20)21)15-7-5-4-6-8-15/h4-12,17H,13H2,1-3H3,(H2,20,21)/t17-,23?/m0/s1. The number of primary amides is 1. The molecular weight excluding hydrogens is 306 g/mol. The van der Waals surface area contributed by atoms with Crippen LogP contribution in [0.4, 0.5) is 0 Å². The second-order valence-corrected chi connectivity index (χ2v) is 8.19. The molecule has 0 fully saturated rings. The third-order valence-corrected chi connectivity index (χ3v) is 5.40. The molecule has 2 aromatic rings. The predicted octanol–water partition coefficient (Wildman–Crippen LogP) is 3.46. The molecule has 0 aromatic heterocycles. The summed E-state index contributed by atoms with van der Waals surface area (Å²) in [5.74, 6) is -0.242. The lowest BCUT2D eigenvalue weighted by Gasteiger charge is -2.19. The van der Waals surface area contributed by atoms with Crippen molar-refractivity contribution in [2.75, 3.05) is 0 Å². The fourth-order valence-corrected chi connectivity index (χ4v) is 3.83. The fourth-order valence-electron chi connectivity index (χ4n) is 2.42. The van der Waals surface area contributed by atoms with Crippen LogP contribution in [0.5, 0.6) is 0 Å². The number of amides is 1. The molecule has 1 amide bonds. The predicted molar refractivity (Wildman–Crippen MR) is 95.4 cm³/mol. The molecule has 0 saturated heterocycles. The van der Waals surface area contributed by atoms with Gasteiger partial charge in [-0.25, -0.2) is 0 Å². The lowest BCUT2D eigenvalue weighted by Crippen LogP contribution is -2.25. The SMILES string of the molecule is CC(C)(C)c1ccc(CS(=O)[C@H](C(N)=O)c2ccccc2)cc1. The van der Waals surface area contributed by atoms with Gasteiger partial charge in [0.15, 0.2) is 0 Å². The summed E-state index contributed by atoms with van der Waals surface area (Å²) in [7, 11) is -1.39. The average Bonchev–Trinajstić information content (AvgIpc) is 2.47. The van der Waals surface area contributed by atoms with Gasteiger partial charge in [-0.15, -0.1) is 0 Å². The first-order valence-corrected chi connectivity index (χ1v) is 8.98. The van der Waals surface area contributed by atoms with Crippen LogP contribution in [0.15, 0.2) is 54.6 Å². The molecule has 0 aliphatic carbocycles. The summed E-state index contributed by atoms with van der Waals surface area (Å²) in [6.45, 7) is 6.45. The summed E-state index contributed by atoms with van der Waals surface area (Å²) in [6.07, 6.45) is 0. The molecule has 0 radical (unpaired) electrons. The summed E-state index contributed by atoms with van der Waals surface area (Å²) in [6, 6.07) is 17.1. The molecular formula is C19H23NO2S. The van der Waals surface area contributed by atoms with Crippen molar-refractivity contribution in [1.29, 1.82) is 0 Å². The van der Waals surface area contributed by atoms with Crippen molar-refractivity contribution in [3.63, 3.8) is 0 Å². The quantitative estimate of drug-likeness (QED) is 0.913. The van der Waals surface area contributed by atoms with Gasteiger partial charge < -0.3 is 5.73 Å². The van der Waals surface area contributed by atoms with E-state index in [0.29, 0.717) is 11.3 Å². The van der Waals surface area contributed by atoms with Crippen molar-refractivity contribution in [2.45, 2.75) is 37.2 Å². The van der Waals surface area contributed by atoms with Crippen LogP contribution in [0.2, 0.25) is 0 Å². The molecule has 23 heavy (non-hydrogen) atoms. The number of hydrogen-bond donors (Lipinski definition) is 1. The van der Waals surface area contributed by atoms with Gasteiger partial charge in [-0.3, -0.25) is 9.00 Å². The molecule has 2 rings (SSSR count). The molecule has 0 saturated carbocycles. The first kappa shape index (κ1) is 17.4. The van der Waals surface area contributed by atoms with E-state index >= 15 is 0 Å². The van der Waals surface area contributed by atoms with E-state index in [9.17, 15) is 9.00 Å². The molecule has 0 spiro atoms. The summed E-state index contributed by atoms with van der Waals surface area (Å²) >= 11 is 0. The Bertz CT molecular complexity index is 688. The van der Waals surface area contributed by atoms with Crippen molar-refractivity contribution in [1.82, 2.24) is 0 Å². The normalized spacial score (nSPS) is 14.2. The van der Waals surface area contributed by atoms with Crippen LogP contribution < -0.4 is 5.73 Å². The maximum absolute atomic E-state index is 12.6. The highest BCUT2D eigenvalue weighted by atomic mass is 32.2. The van der Waals surface area contributed by atoms with Crippen LogP contribution in [0.1, 0.15) is 42.7 Å². The first-order chi connectivity index (χ1) is 10.8. The number of benzene rings is 2. The number of hydrogen-bond acceptors (Lipinski definition) is 2. The number of carbonyl (C=O) groups is 1. The maximum atomic E-state index is 12.6. The molecule has 3 nitrogen and oxygen atoms in total.